The second-order valence-corrected chi connectivity index (χ2v) is 5.85. The van der Waals surface area contributed by atoms with E-state index in [0.717, 1.165) is 5.69 Å². The molecule has 2 rings (SSSR count). The van der Waals surface area contributed by atoms with E-state index in [1.165, 1.54) is 0 Å². The van der Waals surface area contributed by atoms with Crippen LogP contribution in [-0.4, -0.2) is 51.6 Å². The average molecular weight is 294 g/mol. The molecule has 0 aromatic carbocycles. The summed E-state index contributed by atoms with van der Waals surface area (Å²) in [5.74, 6) is -0.817. The molecule has 1 saturated heterocycles. The number of carbonyl (C=O) groups is 2. The molecule has 1 aliphatic heterocycles. The molecule has 21 heavy (non-hydrogen) atoms. The highest BCUT2D eigenvalue weighted by molar-refractivity contribution is 5.80. The van der Waals surface area contributed by atoms with Crippen LogP contribution in [0.1, 0.15) is 26.0 Å². The Morgan fingerprint density at radius 3 is 2.86 bits per heavy atom. The summed E-state index contributed by atoms with van der Waals surface area (Å²) in [6.07, 6.45) is 4.50. The maximum absolute atomic E-state index is 12.1. The number of carboxylic acid groups (broad SMARTS) is 1. The van der Waals surface area contributed by atoms with E-state index in [0.29, 0.717) is 25.9 Å². The molecule has 0 spiro atoms. The number of likely N-dealkylation sites (tertiary alicyclic amines) is 1. The Balaban J connectivity index is 1.85. The first kappa shape index (κ1) is 15.3. The molecular formula is C14H22N4O3. The number of nitrogens with zero attached hydrogens (tertiary/aromatic N) is 2. The zero-order chi connectivity index (χ0) is 15.5. The van der Waals surface area contributed by atoms with Crippen LogP contribution in [0.3, 0.4) is 0 Å². The Morgan fingerprint density at radius 1 is 1.57 bits per heavy atom. The number of imidazole rings is 1. The smallest absolute Gasteiger partial charge is 0.317 e. The number of nitrogens with one attached hydrogen (secondary N) is 2. The second kappa shape index (κ2) is 6.15. The van der Waals surface area contributed by atoms with Gasteiger partial charge in [-0.05, 0) is 12.3 Å². The summed E-state index contributed by atoms with van der Waals surface area (Å²) in [5.41, 5.74) is 0.138. The Kier molecular flexibility index (Phi) is 4.50. The summed E-state index contributed by atoms with van der Waals surface area (Å²) < 4.78 is 0. The molecule has 116 valence electrons. The van der Waals surface area contributed by atoms with Gasteiger partial charge in [-0.25, -0.2) is 9.78 Å². The second-order valence-electron chi connectivity index (χ2n) is 5.85. The fraction of sp³-hybridized carbons (Fsp3) is 0.643. The van der Waals surface area contributed by atoms with Gasteiger partial charge in [0.1, 0.15) is 0 Å². The van der Waals surface area contributed by atoms with Gasteiger partial charge >= 0.3 is 12.0 Å². The zero-order valence-corrected chi connectivity index (χ0v) is 12.4. The number of aromatic amines is 1. The van der Waals surface area contributed by atoms with E-state index in [1.54, 1.807) is 17.4 Å². The van der Waals surface area contributed by atoms with Crippen molar-refractivity contribution >= 4 is 12.0 Å². The molecule has 2 amide bonds. The highest BCUT2D eigenvalue weighted by Crippen LogP contribution is 2.38. The number of carboxylic acids is 1. The fourth-order valence-electron chi connectivity index (χ4n) is 2.74. The van der Waals surface area contributed by atoms with Gasteiger partial charge in [-0.2, -0.15) is 0 Å². The van der Waals surface area contributed by atoms with Crippen molar-refractivity contribution < 1.29 is 14.7 Å². The Morgan fingerprint density at radius 2 is 2.33 bits per heavy atom. The molecule has 1 aliphatic rings. The van der Waals surface area contributed by atoms with Crippen LogP contribution in [0, 0.1) is 11.3 Å². The maximum Gasteiger partial charge on any atom is 0.317 e. The van der Waals surface area contributed by atoms with Crippen molar-refractivity contribution in [3.63, 3.8) is 0 Å². The van der Waals surface area contributed by atoms with Crippen molar-refractivity contribution in [1.82, 2.24) is 20.2 Å². The number of carbonyl (C=O) groups excluding carboxylic acids is 1. The van der Waals surface area contributed by atoms with Gasteiger partial charge in [0.05, 0.1) is 11.7 Å². The van der Waals surface area contributed by atoms with Gasteiger partial charge in [-0.15, -0.1) is 0 Å². The molecular weight excluding hydrogens is 272 g/mol. The van der Waals surface area contributed by atoms with Crippen LogP contribution in [0.25, 0.3) is 0 Å². The standard InChI is InChI=1S/C14H22N4O3/c1-10(2)14(12(19)20)4-6-18(8-14)13(21)16-5-3-11-7-15-9-17-11/h7,9-10H,3-6,8H2,1-2H3,(H,15,17)(H,16,21)(H,19,20). The lowest BCUT2D eigenvalue weighted by Crippen LogP contribution is -2.44. The number of aliphatic carboxylic acids is 1. The number of aromatic nitrogens is 2. The van der Waals surface area contributed by atoms with Gasteiger partial charge in [-0.1, -0.05) is 13.8 Å². The minimum absolute atomic E-state index is 0.00204. The van der Waals surface area contributed by atoms with Crippen LogP contribution in [0.5, 0.6) is 0 Å². The minimum atomic E-state index is -0.819. The van der Waals surface area contributed by atoms with Crippen molar-refractivity contribution in [3.8, 4) is 0 Å². The van der Waals surface area contributed by atoms with Crippen LogP contribution < -0.4 is 5.32 Å². The number of amides is 2. The van der Waals surface area contributed by atoms with E-state index < -0.39 is 11.4 Å². The molecule has 7 nitrogen and oxygen atoms in total. The number of urea groups is 1. The van der Waals surface area contributed by atoms with E-state index in [-0.39, 0.29) is 18.5 Å². The summed E-state index contributed by atoms with van der Waals surface area (Å²) in [7, 11) is 0. The molecule has 2 heterocycles. The van der Waals surface area contributed by atoms with Crippen LogP contribution in [0.2, 0.25) is 0 Å². The normalized spacial score (nSPS) is 21.8. The van der Waals surface area contributed by atoms with Crippen molar-refractivity contribution in [3.05, 3.63) is 18.2 Å². The van der Waals surface area contributed by atoms with Gasteiger partial charge in [-0.3, -0.25) is 4.79 Å². The first-order valence-electron chi connectivity index (χ1n) is 7.19. The van der Waals surface area contributed by atoms with E-state index in [9.17, 15) is 14.7 Å². The monoisotopic (exact) mass is 294 g/mol. The maximum atomic E-state index is 12.1. The summed E-state index contributed by atoms with van der Waals surface area (Å²) >= 11 is 0. The van der Waals surface area contributed by atoms with E-state index in [1.807, 2.05) is 13.8 Å². The summed E-state index contributed by atoms with van der Waals surface area (Å²) in [4.78, 5) is 32.1. The summed E-state index contributed by atoms with van der Waals surface area (Å²) in [6, 6.07) is -0.196. The Bertz CT molecular complexity index is 500. The van der Waals surface area contributed by atoms with Crippen LogP contribution in [-0.2, 0) is 11.2 Å². The molecule has 3 N–H and O–H groups in total. The topological polar surface area (TPSA) is 98.3 Å². The van der Waals surface area contributed by atoms with Crippen LogP contribution in [0.4, 0.5) is 4.79 Å². The van der Waals surface area contributed by atoms with Crippen molar-refractivity contribution in [2.45, 2.75) is 26.7 Å². The third kappa shape index (κ3) is 3.17. The number of rotatable bonds is 5. The van der Waals surface area contributed by atoms with Crippen LogP contribution in [0.15, 0.2) is 12.5 Å². The zero-order valence-electron chi connectivity index (χ0n) is 12.4. The fourth-order valence-corrected chi connectivity index (χ4v) is 2.74. The van der Waals surface area contributed by atoms with Gasteiger partial charge in [0.25, 0.3) is 0 Å². The third-order valence-electron chi connectivity index (χ3n) is 4.34. The predicted molar refractivity (Wildman–Crippen MR) is 76.8 cm³/mol. The van der Waals surface area contributed by atoms with Crippen molar-refractivity contribution in [2.24, 2.45) is 11.3 Å². The largest absolute Gasteiger partial charge is 0.481 e. The lowest BCUT2D eigenvalue weighted by molar-refractivity contribution is -0.150. The highest BCUT2D eigenvalue weighted by atomic mass is 16.4. The third-order valence-corrected chi connectivity index (χ3v) is 4.34. The molecule has 1 aromatic heterocycles. The Hall–Kier alpha value is -2.05. The molecule has 1 unspecified atom stereocenters. The summed E-state index contributed by atoms with van der Waals surface area (Å²) in [6.45, 7) is 5.05. The molecule has 1 atom stereocenters. The molecule has 7 heteroatoms. The highest BCUT2D eigenvalue weighted by Gasteiger charge is 2.48. The van der Waals surface area contributed by atoms with Crippen LogP contribution >= 0.6 is 0 Å². The minimum Gasteiger partial charge on any atom is -0.481 e. The average Bonchev–Trinajstić information content (AvgIpc) is 3.08. The quantitative estimate of drug-likeness (QED) is 0.757. The van der Waals surface area contributed by atoms with E-state index in [4.69, 9.17) is 0 Å². The molecule has 1 fully saturated rings. The van der Waals surface area contributed by atoms with Crippen molar-refractivity contribution in [2.75, 3.05) is 19.6 Å². The van der Waals surface area contributed by atoms with Gasteiger partial charge in [0, 0.05) is 37.9 Å². The van der Waals surface area contributed by atoms with E-state index >= 15 is 0 Å². The van der Waals surface area contributed by atoms with Gasteiger partial charge in [0.2, 0.25) is 0 Å². The molecule has 0 radical (unpaired) electrons. The lowest BCUT2D eigenvalue weighted by Gasteiger charge is -2.28. The van der Waals surface area contributed by atoms with Crippen molar-refractivity contribution in [1.29, 1.82) is 0 Å². The number of hydrogen-bond donors (Lipinski definition) is 3. The number of H-pyrrole nitrogens is 1. The lowest BCUT2D eigenvalue weighted by atomic mass is 9.76. The van der Waals surface area contributed by atoms with Gasteiger partial charge < -0.3 is 20.3 Å². The molecule has 1 aromatic rings. The Labute approximate surface area is 123 Å². The first-order valence-corrected chi connectivity index (χ1v) is 7.19. The molecule has 0 saturated carbocycles. The SMILES string of the molecule is CC(C)C1(C(=O)O)CCN(C(=O)NCCc2cnc[nH]2)C1. The molecule has 0 bridgehead atoms. The predicted octanol–water partition coefficient (Wildman–Crippen LogP) is 1.09. The first-order chi connectivity index (χ1) is 9.95. The van der Waals surface area contributed by atoms with Gasteiger partial charge in [0.15, 0.2) is 0 Å². The number of hydrogen-bond acceptors (Lipinski definition) is 3. The summed E-state index contributed by atoms with van der Waals surface area (Å²) in [5, 5.41) is 12.3. The molecule has 0 aliphatic carbocycles. The van der Waals surface area contributed by atoms with E-state index in [2.05, 4.69) is 15.3 Å².